The van der Waals surface area contributed by atoms with Gasteiger partial charge < -0.3 is 15.5 Å². The zero-order valence-electron chi connectivity index (χ0n) is 17.1. The van der Waals surface area contributed by atoms with Crippen LogP contribution in [0.15, 0.2) is 28.6 Å². The Balaban J connectivity index is 2.11. The number of rotatable bonds is 8. The summed E-state index contributed by atoms with van der Waals surface area (Å²) >= 11 is 1.59. The number of aromatic nitrogens is 1. The van der Waals surface area contributed by atoms with Gasteiger partial charge in [0.25, 0.3) is 0 Å². The van der Waals surface area contributed by atoms with Crippen LogP contribution in [-0.4, -0.2) is 43.0 Å². The van der Waals surface area contributed by atoms with Crippen LogP contribution in [0.3, 0.4) is 0 Å². The summed E-state index contributed by atoms with van der Waals surface area (Å²) in [6, 6.07) is 3.46. The zero-order chi connectivity index (χ0) is 20.7. The standard InChI is InChI=1S/C20H29F2N5S/c1-6-23-20(25-11-18-26-16(12-28-18)13(2)3)24-10-17(27(4)5)19-14(21)8-7-9-15(19)22/h7-9,12-13,17H,6,10-11H2,1-5H3,(H2,23,24,25). The Bertz CT molecular complexity index is 768. The van der Waals surface area contributed by atoms with Crippen molar-refractivity contribution in [3.8, 4) is 0 Å². The number of benzene rings is 1. The Morgan fingerprint density at radius 3 is 2.43 bits per heavy atom. The molecule has 5 nitrogen and oxygen atoms in total. The van der Waals surface area contributed by atoms with Gasteiger partial charge in [0.2, 0.25) is 0 Å². The summed E-state index contributed by atoms with van der Waals surface area (Å²) < 4.78 is 28.4. The Morgan fingerprint density at radius 1 is 1.21 bits per heavy atom. The van der Waals surface area contributed by atoms with Gasteiger partial charge in [-0.25, -0.2) is 18.8 Å². The van der Waals surface area contributed by atoms with Crippen molar-refractivity contribution in [2.24, 2.45) is 4.99 Å². The largest absolute Gasteiger partial charge is 0.357 e. The van der Waals surface area contributed by atoms with E-state index in [0.29, 0.717) is 31.5 Å². The maximum atomic E-state index is 14.2. The van der Waals surface area contributed by atoms with Crippen molar-refractivity contribution >= 4 is 17.3 Å². The summed E-state index contributed by atoms with van der Waals surface area (Å²) in [6.45, 7) is 7.63. The molecule has 1 aromatic heterocycles. The number of aliphatic imine (C=N–C) groups is 1. The minimum absolute atomic E-state index is 0.0531. The highest BCUT2D eigenvalue weighted by atomic mass is 32.1. The maximum absolute atomic E-state index is 14.2. The number of guanidine groups is 1. The third-order valence-corrected chi connectivity index (χ3v) is 5.15. The third-order valence-electron chi connectivity index (χ3n) is 4.30. The van der Waals surface area contributed by atoms with Crippen LogP contribution < -0.4 is 10.6 Å². The van der Waals surface area contributed by atoms with E-state index in [1.54, 1.807) is 30.3 Å². The van der Waals surface area contributed by atoms with Crippen molar-refractivity contribution in [1.82, 2.24) is 20.5 Å². The molecule has 2 rings (SSSR count). The van der Waals surface area contributed by atoms with E-state index in [0.717, 1.165) is 10.7 Å². The van der Waals surface area contributed by atoms with Gasteiger partial charge in [-0.3, -0.25) is 0 Å². The number of hydrogen-bond donors (Lipinski definition) is 2. The quantitative estimate of drug-likeness (QED) is 0.513. The van der Waals surface area contributed by atoms with Gasteiger partial charge in [-0.2, -0.15) is 0 Å². The minimum atomic E-state index is -0.550. The molecule has 28 heavy (non-hydrogen) atoms. The number of hydrogen-bond acceptors (Lipinski definition) is 4. The van der Waals surface area contributed by atoms with Crippen molar-refractivity contribution in [1.29, 1.82) is 0 Å². The number of nitrogens with zero attached hydrogens (tertiary/aromatic N) is 3. The predicted molar refractivity (Wildman–Crippen MR) is 112 cm³/mol. The van der Waals surface area contributed by atoms with Gasteiger partial charge in [-0.1, -0.05) is 19.9 Å². The molecule has 0 aliphatic carbocycles. The molecule has 1 aromatic carbocycles. The van der Waals surface area contributed by atoms with E-state index in [4.69, 9.17) is 0 Å². The first kappa shape index (κ1) is 22.2. The highest BCUT2D eigenvalue weighted by molar-refractivity contribution is 7.09. The molecule has 2 aromatic rings. The molecule has 0 bridgehead atoms. The first-order valence-corrected chi connectivity index (χ1v) is 10.3. The van der Waals surface area contributed by atoms with Crippen LogP contribution in [-0.2, 0) is 6.54 Å². The molecule has 0 saturated heterocycles. The fourth-order valence-electron chi connectivity index (χ4n) is 2.72. The van der Waals surface area contributed by atoms with E-state index in [9.17, 15) is 8.78 Å². The summed E-state index contributed by atoms with van der Waals surface area (Å²) in [4.78, 5) is 10.9. The average molecular weight is 410 g/mol. The van der Waals surface area contributed by atoms with E-state index in [2.05, 4.69) is 39.8 Å². The molecule has 8 heteroatoms. The lowest BCUT2D eigenvalue weighted by Crippen LogP contribution is -2.42. The first-order chi connectivity index (χ1) is 13.3. The topological polar surface area (TPSA) is 52.6 Å². The first-order valence-electron chi connectivity index (χ1n) is 9.40. The normalized spacial score (nSPS) is 13.2. The molecule has 0 spiro atoms. The summed E-state index contributed by atoms with van der Waals surface area (Å²) in [5, 5.41) is 9.35. The molecule has 0 amide bonds. The zero-order valence-corrected chi connectivity index (χ0v) is 17.9. The van der Waals surface area contributed by atoms with Crippen molar-refractivity contribution in [2.75, 3.05) is 27.2 Å². The van der Waals surface area contributed by atoms with E-state index >= 15 is 0 Å². The van der Waals surface area contributed by atoms with Gasteiger partial charge in [0.05, 0.1) is 18.3 Å². The highest BCUT2D eigenvalue weighted by Crippen LogP contribution is 2.24. The Labute approximate surface area is 169 Å². The van der Waals surface area contributed by atoms with Crippen LogP contribution in [0.4, 0.5) is 8.78 Å². The molecule has 1 atom stereocenters. The molecular weight excluding hydrogens is 380 g/mol. The van der Waals surface area contributed by atoms with Crippen LogP contribution in [0, 0.1) is 11.6 Å². The SMILES string of the molecule is CCNC(=NCc1nc(C(C)C)cs1)NCC(c1c(F)cccc1F)N(C)C. The minimum Gasteiger partial charge on any atom is -0.357 e. The highest BCUT2D eigenvalue weighted by Gasteiger charge is 2.22. The smallest absolute Gasteiger partial charge is 0.191 e. The Kier molecular flexibility index (Phi) is 8.32. The van der Waals surface area contributed by atoms with E-state index < -0.39 is 17.7 Å². The molecule has 0 fully saturated rings. The second-order valence-electron chi connectivity index (χ2n) is 7.01. The van der Waals surface area contributed by atoms with Crippen molar-refractivity contribution in [2.45, 2.75) is 39.3 Å². The van der Waals surface area contributed by atoms with E-state index in [1.807, 2.05) is 6.92 Å². The predicted octanol–water partition coefficient (Wildman–Crippen LogP) is 3.90. The third kappa shape index (κ3) is 5.97. The molecule has 0 radical (unpaired) electrons. The molecule has 1 unspecified atom stereocenters. The molecule has 154 valence electrons. The summed E-state index contributed by atoms with van der Waals surface area (Å²) in [5.74, 6) is -0.123. The van der Waals surface area contributed by atoms with Crippen LogP contribution >= 0.6 is 11.3 Å². The van der Waals surface area contributed by atoms with Crippen LogP contribution in [0.1, 0.15) is 49.0 Å². The number of halogens is 2. The summed E-state index contributed by atoms with van der Waals surface area (Å²) in [6.07, 6.45) is 0. The molecule has 0 aliphatic rings. The van der Waals surface area contributed by atoms with Crippen LogP contribution in [0.5, 0.6) is 0 Å². The van der Waals surface area contributed by atoms with Gasteiger partial charge in [0.1, 0.15) is 16.6 Å². The van der Waals surface area contributed by atoms with Gasteiger partial charge in [-0.05, 0) is 39.1 Å². The Hall–Kier alpha value is -2.06. The number of likely N-dealkylation sites (N-methyl/N-ethyl adjacent to an activating group) is 1. The average Bonchev–Trinajstić information content (AvgIpc) is 3.11. The van der Waals surface area contributed by atoms with E-state index in [-0.39, 0.29) is 5.56 Å². The number of nitrogens with one attached hydrogen (secondary N) is 2. The molecule has 2 N–H and O–H groups in total. The van der Waals surface area contributed by atoms with E-state index in [1.165, 1.54) is 18.2 Å². The molecule has 0 saturated carbocycles. The maximum Gasteiger partial charge on any atom is 0.191 e. The second kappa shape index (κ2) is 10.5. The van der Waals surface area contributed by atoms with Crippen molar-refractivity contribution in [3.63, 3.8) is 0 Å². The van der Waals surface area contributed by atoms with Gasteiger partial charge in [0.15, 0.2) is 5.96 Å². The lowest BCUT2D eigenvalue weighted by molar-refractivity contribution is 0.282. The number of thiazole rings is 1. The van der Waals surface area contributed by atoms with Crippen molar-refractivity contribution in [3.05, 3.63) is 51.5 Å². The van der Waals surface area contributed by atoms with Crippen LogP contribution in [0.2, 0.25) is 0 Å². The lowest BCUT2D eigenvalue weighted by atomic mass is 10.0. The summed E-state index contributed by atoms with van der Waals surface area (Å²) in [5.41, 5.74) is 1.12. The molecular formula is C20H29F2N5S. The second-order valence-corrected chi connectivity index (χ2v) is 7.95. The van der Waals surface area contributed by atoms with Gasteiger partial charge in [0, 0.05) is 24.0 Å². The monoisotopic (exact) mass is 409 g/mol. The Morgan fingerprint density at radius 2 is 1.89 bits per heavy atom. The fraction of sp³-hybridized carbons (Fsp3) is 0.500. The molecule has 1 heterocycles. The summed E-state index contributed by atoms with van der Waals surface area (Å²) in [7, 11) is 3.59. The molecule has 0 aliphatic heterocycles. The van der Waals surface area contributed by atoms with Crippen molar-refractivity contribution < 1.29 is 8.78 Å². The fourth-order valence-corrected chi connectivity index (χ4v) is 3.60. The van der Waals surface area contributed by atoms with Gasteiger partial charge in [-0.15, -0.1) is 11.3 Å². The van der Waals surface area contributed by atoms with Crippen LogP contribution in [0.25, 0.3) is 0 Å². The lowest BCUT2D eigenvalue weighted by Gasteiger charge is -2.26. The van der Waals surface area contributed by atoms with Gasteiger partial charge >= 0.3 is 0 Å².